The third-order valence-electron chi connectivity index (χ3n) is 8.44. The molecule has 0 fully saturated rings. The van der Waals surface area contributed by atoms with Gasteiger partial charge in [-0.2, -0.15) is 0 Å². The van der Waals surface area contributed by atoms with Crippen molar-refractivity contribution in [3.63, 3.8) is 0 Å². The van der Waals surface area contributed by atoms with Crippen molar-refractivity contribution in [2.75, 3.05) is 7.05 Å². The Morgan fingerprint density at radius 1 is 0.923 bits per heavy atom. The lowest BCUT2D eigenvalue weighted by Crippen LogP contribution is -2.17. The standard InChI is InChI=1S/C35H31N3O/c1-35(2,26-8-5-4-6-9-26)17-16-22-12-13-23-20-31-30(19-25(23)18-22)37-33-28-15-14-24(21-36-3)27-10-7-11-29(32(27)28)34(39)38(31)33/h4-15,18-21,34,39H,16-17H2,1-3H3. The molecule has 4 heteroatoms. The molecule has 6 aromatic rings. The fraction of sp³-hybridized carbons (Fsp3) is 0.200. The van der Waals surface area contributed by atoms with Crippen LogP contribution in [0, 0.1) is 0 Å². The quantitative estimate of drug-likeness (QED) is 0.241. The summed E-state index contributed by atoms with van der Waals surface area (Å²) in [5.41, 5.74) is 7.65. The number of hydrogen-bond acceptors (Lipinski definition) is 3. The van der Waals surface area contributed by atoms with Crippen LogP contribution in [-0.4, -0.2) is 27.9 Å². The molecule has 0 bridgehead atoms. The molecule has 1 N–H and O–H groups in total. The van der Waals surface area contributed by atoms with Crippen LogP contribution >= 0.6 is 0 Å². The van der Waals surface area contributed by atoms with Crippen LogP contribution < -0.4 is 0 Å². The molecular weight excluding hydrogens is 478 g/mol. The topological polar surface area (TPSA) is 50.4 Å². The second-order valence-electron chi connectivity index (χ2n) is 11.3. The van der Waals surface area contributed by atoms with Crippen molar-refractivity contribution in [3.05, 3.63) is 113 Å². The number of nitrogens with zero attached hydrogens (tertiary/aromatic N) is 3. The molecule has 4 nitrogen and oxygen atoms in total. The highest BCUT2D eigenvalue weighted by Crippen LogP contribution is 2.43. The second kappa shape index (κ2) is 8.89. The van der Waals surface area contributed by atoms with Gasteiger partial charge in [0, 0.05) is 35.3 Å². The molecule has 39 heavy (non-hydrogen) atoms. The van der Waals surface area contributed by atoms with Crippen molar-refractivity contribution in [1.29, 1.82) is 0 Å². The first-order valence-electron chi connectivity index (χ1n) is 13.6. The smallest absolute Gasteiger partial charge is 0.159 e. The van der Waals surface area contributed by atoms with E-state index in [-0.39, 0.29) is 5.41 Å². The van der Waals surface area contributed by atoms with Crippen LogP contribution in [0.4, 0.5) is 0 Å². The molecule has 0 radical (unpaired) electrons. The van der Waals surface area contributed by atoms with Gasteiger partial charge in [-0.25, -0.2) is 4.98 Å². The van der Waals surface area contributed by atoms with Crippen molar-refractivity contribution in [3.8, 4) is 11.4 Å². The summed E-state index contributed by atoms with van der Waals surface area (Å²) in [6.07, 6.45) is 3.16. The Hall–Kier alpha value is -4.28. The van der Waals surface area contributed by atoms with Crippen molar-refractivity contribution >= 4 is 38.8 Å². The van der Waals surface area contributed by atoms with E-state index in [1.165, 1.54) is 16.5 Å². The van der Waals surface area contributed by atoms with Gasteiger partial charge in [0.1, 0.15) is 5.82 Å². The van der Waals surface area contributed by atoms with Gasteiger partial charge >= 0.3 is 0 Å². The van der Waals surface area contributed by atoms with Crippen molar-refractivity contribution in [2.45, 2.75) is 38.3 Å². The van der Waals surface area contributed by atoms with Crippen LogP contribution in [0.3, 0.4) is 0 Å². The molecule has 1 unspecified atom stereocenters. The number of aliphatic hydroxyl groups excluding tert-OH is 1. The van der Waals surface area contributed by atoms with Gasteiger partial charge in [-0.15, -0.1) is 0 Å². The SMILES string of the molecule is CN=Cc1ccc2c3c(cccc13)C(O)n1c-2nc2cc3cc(CCC(C)(C)c4ccccc4)ccc3cc21. The average molecular weight is 510 g/mol. The van der Waals surface area contributed by atoms with E-state index < -0.39 is 6.23 Å². The summed E-state index contributed by atoms with van der Waals surface area (Å²) in [5, 5.41) is 16.1. The maximum absolute atomic E-state index is 11.6. The number of aliphatic hydroxyl groups is 1. The van der Waals surface area contributed by atoms with Gasteiger partial charge in [0.2, 0.25) is 0 Å². The predicted octanol–water partition coefficient (Wildman–Crippen LogP) is 7.82. The fourth-order valence-electron chi connectivity index (χ4n) is 6.22. The van der Waals surface area contributed by atoms with E-state index in [0.717, 1.165) is 62.5 Å². The van der Waals surface area contributed by atoms with Crippen molar-refractivity contribution in [2.24, 2.45) is 4.99 Å². The van der Waals surface area contributed by atoms with E-state index in [2.05, 4.69) is 97.7 Å². The van der Waals surface area contributed by atoms with Crippen LogP contribution in [0.1, 0.15) is 48.8 Å². The van der Waals surface area contributed by atoms with Gasteiger partial charge in [-0.1, -0.05) is 86.6 Å². The van der Waals surface area contributed by atoms with E-state index in [0.29, 0.717) is 0 Å². The number of benzene rings is 5. The Morgan fingerprint density at radius 3 is 2.59 bits per heavy atom. The molecule has 1 aliphatic rings. The molecule has 0 amide bonds. The summed E-state index contributed by atoms with van der Waals surface area (Å²) < 4.78 is 1.98. The molecule has 0 saturated heterocycles. The highest BCUT2D eigenvalue weighted by Gasteiger charge is 2.29. The Labute approximate surface area is 228 Å². The Bertz CT molecular complexity index is 1910. The molecule has 1 aliphatic heterocycles. The number of aromatic nitrogens is 2. The summed E-state index contributed by atoms with van der Waals surface area (Å²) >= 11 is 0. The van der Waals surface area contributed by atoms with E-state index in [1.807, 2.05) is 22.9 Å². The molecule has 0 aliphatic carbocycles. The van der Waals surface area contributed by atoms with Gasteiger partial charge in [0.15, 0.2) is 6.23 Å². The zero-order valence-electron chi connectivity index (χ0n) is 22.5. The minimum absolute atomic E-state index is 0.109. The maximum atomic E-state index is 11.6. The minimum atomic E-state index is -0.799. The first-order chi connectivity index (χ1) is 18.9. The van der Waals surface area contributed by atoms with Crippen molar-refractivity contribution in [1.82, 2.24) is 9.55 Å². The molecule has 192 valence electrons. The van der Waals surface area contributed by atoms with E-state index in [1.54, 1.807) is 7.05 Å². The minimum Gasteiger partial charge on any atom is -0.369 e. The average Bonchev–Trinajstić information content (AvgIpc) is 3.33. The largest absolute Gasteiger partial charge is 0.369 e. The number of aliphatic imine (C=N–C) groups is 1. The summed E-state index contributed by atoms with van der Waals surface area (Å²) in [7, 11) is 1.78. The lowest BCUT2D eigenvalue weighted by Gasteiger charge is -2.25. The van der Waals surface area contributed by atoms with E-state index >= 15 is 0 Å². The molecule has 5 aromatic carbocycles. The normalized spacial score (nSPS) is 15.0. The van der Waals surface area contributed by atoms with Gasteiger partial charge in [-0.05, 0) is 63.7 Å². The molecule has 7 rings (SSSR count). The number of rotatable bonds is 5. The number of aryl methyl sites for hydroxylation is 1. The third kappa shape index (κ3) is 3.78. The van der Waals surface area contributed by atoms with E-state index in [4.69, 9.17) is 4.98 Å². The van der Waals surface area contributed by atoms with Gasteiger partial charge in [0.05, 0.1) is 11.0 Å². The summed E-state index contributed by atoms with van der Waals surface area (Å²) in [6, 6.07) is 32.2. The highest BCUT2D eigenvalue weighted by molar-refractivity contribution is 6.09. The lowest BCUT2D eigenvalue weighted by atomic mass is 9.79. The molecule has 1 aromatic heterocycles. The first-order valence-corrected chi connectivity index (χ1v) is 13.6. The zero-order valence-corrected chi connectivity index (χ0v) is 22.5. The van der Waals surface area contributed by atoms with Crippen molar-refractivity contribution < 1.29 is 5.11 Å². The maximum Gasteiger partial charge on any atom is 0.159 e. The van der Waals surface area contributed by atoms with Crippen LogP contribution in [0.2, 0.25) is 0 Å². The predicted molar refractivity (Wildman–Crippen MR) is 162 cm³/mol. The Balaban J connectivity index is 1.30. The number of imidazole rings is 1. The van der Waals surface area contributed by atoms with Crippen LogP contribution in [-0.2, 0) is 11.8 Å². The molecular formula is C35H31N3O. The first kappa shape index (κ1) is 23.8. The monoisotopic (exact) mass is 509 g/mol. The Morgan fingerprint density at radius 2 is 1.77 bits per heavy atom. The zero-order chi connectivity index (χ0) is 26.7. The molecule has 0 saturated carbocycles. The fourth-order valence-corrected chi connectivity index (χ4v) is 6.22. The second-order valence-corrected chi connectivity index (χ2v) is 11.3. The van der Waals surface area contributed by atoms with E-state index in [9.17, 15) is 5.11 Å². The van der Waals surface area contributed by atoms with Gasteiger partial charge < -0.3 is 5.11 Å². The molecule has 2 heterocycles. The highest BCUT2D eigenvalue weighted by atomic mass is 16.3. The Kier molecular flexibility index (Phi) is 5.43. The number of fused-ring (bicyclic) bond motifs is 5. The summed E-state index contributed by atoms with van der Waals surface area (Å²) in [4.78, 5) is 9.31. The van der Waals surface area contributed by atoms with Crippen LogP contribution in [0.25, 0.3) is 44.0 Å². The van der Waals surface area contributed by atoms with Gasteiger partial charge in [-0.3, -0.25) is 9.56 Å². The van der Waals surface area contributed by atoms with Gasteiger partial charge in [0.25, 0.3) is 0 Å². The lowest BCUT2D eigenvalue weighted by molar-refractivity contribution is 0.152. The van der Waals surface area contributed by atoms with Crippen LogP contribution in [0.15, 0.2) is 96.0 Å². The van der Waals surface area contributed by atoms with Crippen LogP contribution in [0.5, 0.6) is 0 Å². The number of hydrogen-bond donors (Lipinski definition) is 1. The summed E-state index contributed by atoms with van der Waals surface area (Å²) in [6.45, 7) is 4.65. The third-order valence-corrected chi connectivity index (χ3v) is 8.44. The summed E-state index contributed by atoms with van der Waals surface area (Å²) in [5.74, 6) is 0.807. The molecule has 1 atom stereocenters. The molecule has 0 spiro atoms.